The van der Waals surface area contributed by atoms with E-state index in [2.05, 4.69) is 4.94 Å². The molecule has 0 rings (SSSR count). The number of rotatable bonds is 1. The predicted molar refractivity (Wildman–Crippen MR) is 21.2 cm³/mol. The molecule has 0 aromatic heterocycles. The Labute approximate surface area is 62.0 Å². The number of carbonyl (C=O) groups is 1. The number of carbonyl (C=O) groups excluding carboxylic acids is 1. The summed E-state index contributed by atoms with van der Waals surface area (Å²) in [5.41, 5.74) is 0. The summed E-state index contributed by atoms with van der Waals surface area (Å²) in [6, 6.07) is 0. The molecule has 0 aromatic carbocycles. The minimum Gasteiger partial charge on any atom is -1.00 e. The van der Waals surface area contributed by atoms with Gasteiger partial charge >= 0.3 is 35.4 Å². The predicted octanol–water partition coefficient (Wildman–Crippen LogP) is 0.523. The molecular formula is C2H3F3MgO2. The molecule has 0 saturated carbocycles. The maximum absolute atomic E-state index is 10.7. The van der Waals surface area contributed by atoms with Crippen molar-refractivity contribution in [3.63, 3.8) is 0 Å². The Hall–Kier alpha value is 0.0262. The van der Waals surface area contributed by atoms with Gasteiger partial charge in [0.25, 0.3) is 0 Å². The molecular weight excluding hydrogens is 137 g/mol. The van der Waals surface area contributed by atoms with Gasteiger partial charge in [0.15, 0.2) is 0 Å². The van der Waals surface area contributed by atoms with E-state index in [0.717, 1.165) is 0 Å². The number of alkyl halides is 2. The van der Waals surface area contributed by atoms with Crippen LogP contribution in [0.2, 0.25) is 0 Å². The summed E-state index contributed by atoms with van der Waals surface area (Å²) in [6.45, 7) is 0. The Morgan fingerprint density at radius 2 is 2.00 bits per heavy atom. The van der Waals surface area contributed by atoms with Crippen LogP contribution in [0.15, 0.2) is 0 Å². The smallest absolute Gasteiger partial charge is 1.00 e. The van der Waals surface area contributed by atoms with Crippen LogP contribution >= 0.6 is 0 Å². The van der Waals surface area contributed by atoms with E-state index >= 15 is 0 Å². The van der Waals surface area contributed by atoms with E-state index in [1.54, 1.807) is 0 Å². The van der Waals surface area contributed by atoms with Crippen LogP contribution in [-0.4, -0.2) is 35.4 Å². The summed E-state index contributed by atoms with van der Waals surface area (Å²) in [6.07, 6.45) is -3.37. The van der Waals surface area contributed by atoms with Gasteiger partial charge in [-0.1, -0.05) is 0 Å². The third kappa shape index (κ3) is 4.19. The quantitative estimate of drug-likeness (QED) is 0.497. The van der Waals surface area contributed by atoms with Gasteiger partial charge in [-0.3, -0.25) is 0 Å². The van der Waals surface area contributed by atoms with Crippen LogP contribution in [0.3, 0.4) is 0 Å². The van der Waals surface area contributed by atoms with Crippen molar-refractivity contribution in [1.82, 2.24) is 0 Å². The van der Waals surface area contributed by atoms with Gasteiger partial charge in [-0.05, 0) is 0 Å². The average Bonchev–Trinajstić information content (AvgIpc) is 1.65. The molecule has 0 unspecified atom stereocenters. The molecule has 0 fully saturated rings. The Balaban J connectivity index is -0.0000000600. The molecule has 0 saturated heterocycles. The molecule has 6 heteroatoms. The van der Waals surface area contributed by atoms with E-state index in [1.807, 2.05) is 0 Å². The Morgan fingerprint density at radius 1 is 1.62 bits per heavy atom. The van der Waals surface area contributed by atoms with Crippen LogP contribution in [-0.2, 0) is 9.74 Å². The summed E-state index contributed by atoms with van der Waals surface area (Å²) < 4.78 is 31.7. The van der Waals surface area contributed by atoms with E-state index in [1.165, 1.54) is 0 Å². The molecule has 0 N–H and O–H groups in total. The molecule has 0 aliphatic rings. The molecule has 0 heterocycles. The van der Waals surface area contributed by atoms with Crippen LogP contribution in [0.1, 0.15) is 2.85 Å². The van der Waals surface area contributed by atoms with E-state index < -0.39 is 12.4 Å². The van der Waals surface area contributed by atoms with Crippen molar-refractivity contribution in [2.24, 2.45) is 0 Å². The first-order valence-corrected chi connectivity index (χ1v) is 1.29. The van der Waals surface area contributed by atoms with Crippen LogP contribution in [0.5, 0.6) is 0 Å². The van der Waals surface area contributed by atoms with Gasteiger partial charge < -0.3 is 2.85 Å². The minimum atomic E-state index is -3.37. The second kappa shape index (κ2) is 5.17. The summed E-state index contributed by atoms with van der Waals surface area (Å²) in [4.78, 5) is 11.3. The van der Waals surface area contributed by atoms with Gasteiger partial charge in [0.2, 0.25) is 0 Å². The molecule has 0 aromatic rings. The topological polar surface area (TPSA) is 26.3 Å². The van der Waals surface area contributed by atoms with E-state index in [4.69, 9.17) is 4.79 Å². The third-order valence-electron chi connectivity index (χ3n) is 0.254. The fourth-order valence-electron chi connectivity index (χ4n) is 0.0337. The number of hydrogen-bond donors (Lipinski definition) is 0. The van der Waals surface area contributed by atoms with Crippen molar-refractivity contribution in [2.45, 2.75) is 6.43 Å². The Morgan fingerprint density at radius 3 is 2.00 bits per heavy atom. The van der Waals surface area contributed by atoms with Crippen LogP contribution in [0.4, 0.5) is 13.3 Å². The molecule has 0 aliphatic carbocycles. The molecule has 8 heavy (non-hydrogen) atoms. The zero-order valence-electron chi connectivity index (χ0n) is 5.73. The summed E-state index contributed by atoms with van der Waals surface area (Å²) in [5, 5.41) is 0. The second-order valence-corrected chi connectivity index (χ2v) is 0.697. The fourth-order valence-corrected chi connectivity index (χ4v) is 0.0337. The van der Waals surface area contributed by atoms with Crippen molar-refractivity contribution in [3.05, 3.63) is 0 Å². The standard InChI is InChI=1S/C2HF3O2.Mg.2H/c3-1(4)2(6)7-5;;;/h1H;;;/q;+2;2*-1. The summed E-state index contributed by atoms with van der Waals surface area (Å²) in [7, 11) is 0. The molecule has 0 spiro atoms. The van der Waals surface area contributed by atoms with Crippen LogP contribution in [0.25, 0.3) is 0 Å². The van der Waals surface area contributed by atoms with Gasteiger partial charge in [0, 0.05) is 4.53 Å². The van der Waals surface area contributed by atoms with Crippen molar-refractivity contribution >= 4 is 29.0 Å². The van der Waals surface area contributed by atoms with Gasteiger partial charge in [-0.25, -0.2) is 9.74 Å². The third-order valence-corrected chi connectivity index (χ3v) is 0.254. The van der Waals surface area contributed by atoms with Crippen molar-refractivity contribution < 1.29 is 25.9 Å². The molecule has 0 bridgehead atoms. The maximum Gasteiger partial charge on any atom is 2.00 e. The van der Waals surface area contributed by atoms with Crippen LogP contribution in [0, 0.1) is 0 Å². The first-order valence-electron chi connectivity index (χ1n) is 1.29. The van der Waals surface area contributed by atoms with E-state index in [-0.39, 0.29) is 25.9 Å². The normalized spacial score (nSPS) is 8.00. The zero-order valence-corrected chi connectivity index (χ0v) is 5.15. The molecule has 0 aliphatic heterocycles. The minimum absolute atomic E-state index is 0. The average molecular weight is 140 g/mol. The molecule has 46 valence electrons. The number of halogens is 3. The van der Waals surface area contributed by atoms with E-state index in [0.29, 0.717) is 0 Å². The fraction of sp³-hybridized carbons (Fsp3) is 0.500. The first-order chi connectivity index (χ1) is 3.18. The summed E-state index contributed by atoms with van der Waals surface area (Å²) in [5.74, 6) is -2.15. The maximum atomic E-state index is 10.7. The molecule has 0 atom stereocenters. The van der Waals surface area contributed by atoms with Crippen molar-refractivity contribution in [1.29, 1.82) is 0 Å². The molecule has 2 nitrogen and oxygen atoms in total. The SMILES string of the molecule is O=C(OF)C(F)F.[H-].[H-].[Mg+2]. The zero-order chi connectivity index (χ0) is 5.86. The monoisotopic (exact) mass is 140 g/mol. The van der Waals surface area contributed by atoms with E-state index in [9.17, 15) is 13.3 Å². The molecule has 0 amide bonds. The second-order valence-electron chi connectivity index (χ2n) is 0.697. The van der Waals surface area contributed by atoms with Gasteiger partial charge in [0.1, 0.15) is 0 Å². The van der Waals surface area contributed by atoms with Crippen molar-refractivity contribution in [2.75, 3.05) is 0 Å². The summed E-state index contributed by atoms with van der Waals surface area (Å²) >= 11 is 0. The van der Waals surface area contributed by atoms with Crippen molar-refractivity contribution in [3.8, 4) is 0 Å². The van der Waals surface area contributed by atoms with Gasteiger partial charge in [-0.15, -0.1) is 0 Å². The van der Waals surface area contributed by atoms with Crippen LogP contribution < -0.4 is 0 Å². The van der Waals surface area contributed by atoms with Gasteiger partial charge in [0.05, 0.1) is 0 Å². The van der Waals surface area contributed by atoms with Gasteiger partial charge in [-0.2, -0.15) is 8.78 Å². The molecule has 0 radical (unpaired) electrons. The Kier molecular flexibility index (Phi) is 7.05. The Bertz CT molecular complexity index is 82.9. The number of hydrogen-bond acceptors (Lipinski definition) is 2. The largest absolute Gasteiger partial charge is 2.00 e. The first kappa shape index (κ1) is 10.9.